The molecule has 29 heavy (non-hydrogen) atoms. The highest BCUT2D eigenvalue weighted by molar-refractivity contribution is 5.99. The van der Waals surface area contributed by atoms with Crippen molar-refractivity contribution in [3.8, 4) is 18.0 Å². The van der Waals surface area contributed by atoms with Gasteiger partial charge in [0.05, 0.1) is 11.3 Å². The number of aromatic nitrogens is 1. The van der Waals surface area contributed by atoms with E-state index in [1.54, 1.807) is 60.3 Å². The first-order valence-electron chi connectivity index (χ1n) is 8.64. The predicted octanol–water partition coefficient (Wildman–Crippen LogP) is 3.31. The Morgan fingerprint density at radius 1 is 1.14 bits per heavy atom. The average molecular weight is 388 g/mol. The molecule has 0 aliphatic heterocycles. The highest BCUT2D eigenvalue weighted by Crippen LogP contribution is 2.26. The third-order valence-electron chi connectivity index (χ3n) is 4.18. The SMILES string of the molecule is Cc1oc(-n2cccc2)c(C#N)c1C(=O)O[C@H](C)C(=O)Nc1ccccc1C#N. The molecule has 8 nitrogen and oxygen atoms in total. The van der Waals surface area contributed by atoms with E-state index in [1.165, 1.54) is 6.92 Å². The van der Waals surface area contributed by atoms with Crippen LogP contribution in [0.25, 0.3) is 5.88 Å². The summed E-state index contributed by atoms with van der Waals surface area (Å²) in [7, 11) is 0. The molecule has 1 aromatic carbocycles. The number of carbonyl (C=O) groups excluding carboxylic acids is 2. The minimum Gasteiger partial charge on any atom is -0.449 e. The summed E-state index contributed by atoms with van der Waals surface area (Å²) in [5.74, 6) is -1.05. The second kappa shape index (κ2) is 8.15. The van der Waals surface area contributed by atoms with Crippen LogP contribution < -0.4 is 5.32 Å². The standard InChI is InChI=1S/C21H16N4O4/c1-13-18(16(12-23)20(28-13)25-9-5-6-10-25)21(27)29-14(2)19(26)24-17-8-4-3-7-15(17)11-22/h3-10,14H,1-2H3,(H,24,26)/t14-/m1/s1. The Hall–Kier alpha value is -4.30. The molecule has 2 aromatic heterocycles. The van der Waals surface area contributed by atoms with Crippen LogP contribution in [0.3, 0.4) is 0 Å². The number of anilines is 1. The van der Waals surface area contributed by atoms with Gasteiger partial charge in [0.15, 0.2) is 6.10 Å². The fourth-order valence-electron chi connectivity index (χ4n) is 2.73. The second-order valence-electron chi connectivity index (χ2n) is 6.11. The number of carbonyl (C=O) groups is 2. The van der Waals surface area contributed by atoms with Crippen molar-refractivity contribution in [3.05, 3.63) is 71.2 Å². The number of rotatable bonds is 5. The molecule has 3 rings (SSSR count). The van der Waals surface area contributed by atoms with Crippen molar-refractivity contribution in [1.82, 2.24) is 4.57 Å². The third-order valence-corrected chi connectivity index (χ3v) is 4.18. The minimum absolute atomic E-state index is 0.0196. The number of esters is 1. The van der Waals surface area contributed by atoms with Crippen LogP contribution >= 0.6 is 0 Å². The molecule has 0 radical (unpaired) electrons. The van der Waals surface area contributed by atoms with E-state index >= 15 is 0 Å². The molecule has 0 saturated heterocycles. The van der Waals surface area contributed by atoms with Crippen LogP contribution in [0, 0.1) is 29.6 Å². The fraction of sp³-hybridized carbons (Fsp3) is 0.143. The van der Waals surface area contributed by atoms with Gasteiger partial charge in [-0.05, 0) is 38.1 Å². The molecule has 0 spiro atoms. The number of hydrogen-bond acceptors (Lipinski definition) is 6. The van der Waals surface area contributed by atoms with Crippen molar-refractivity contribution in [2.24, 2.45) is 0 Å². The Morgan fingerprint density at radius 2 is 1.83 bits per heavy atom. The molecule has 0 fully saturated rings. The summed E-state index contributed by atoms with van der Waals surface area (Å²) in [5.41, 5.74) is 0.586. The zero-order valence-corrected chi connectivity index (χ0v) is 15.7. The fourth-order valence-corrected chi connectivity index (χ4v) is 2.73. The van der Waals surface area contributed by atoms with E-state index in [0.717, 1.165) is 0 Å². The van der Waals surface area contributed by atoms with Gasteiger partial charge in [-0.3, -0.25) is 9.36 Å². The van der Waals surface area contributed by atoms with Crippen LogP contribution in [-0.2, 0) is 9.53 Å². The summed E-state index contributed by atoms with van der Waals surface area (Å²) >= 11 is 0. The van der Waals surface area contributed by atoms with Gasteiger partial charge in [-0.1, -0.05) is 12.1 Å². The van der Waals surface area contributed by atoms with Gasteiger partial charge in [0, 0.05) is 12.4 Å². The normalized spacial score (nSPS) is 11.2. The van der Waals surface area contributed by atoms with Gasteiger partial charge in [-0.25, -0.2) is 4.79 Å². The number of aryl methyl sites for hydroxylation is 1. The number of ether oxygens (including phenoxy) is 1. The van der Waals surface area contributed by atoms with Crippen LogP contribution in [0.2, 0.25) is 0 Å². The van der Waals surface area contributed by atoms with Crippen LogP contribution in [0.4, 0.5) is 5.69 Å². The van der Waals surface area contributed by atoms with E-state index in [4.69, 9.17) is 14.4 Å². The maximum Gasteiger partial charge on any atom is 0.343 e. The van der Waals surface area contributed by atoms with Crippen molar-refractivity contribution in [2.75, 3.05) is 5.32 Å². The van der Waals surface area contributed by atoms with E-state index in [-0.39, 0.29) is 28.3 Å². The highest BCUT2D eigenvalue weighted by atomic mass is 16.5. The number of nitriles is 2. The molecule has 1 atom stereocenters. The molecule has 0 saturated carbocycles. The van der Waals surface area contributed by atoms with Crippen molar-refractivity contribution in [2.45, 2.75) is 20.0 Å². The van der Waals surface area contributed by atoms with Gasteiger partial charge in [0.25, 0.3) is 5.91 Å². The monoisotopic (exact) mass is 388 g/mol. The van der Waals surface area contributed by atoms with Gasteiger partial charge in [0.1, 0.15) is 29.0 Å². The number of para-hydroxylation sites is 1. The zero-order chi connectivity index (χ0) is 21.0. The summed E-state index contributed by atoms with van der Waals surface area (Å²) < 4.78 is 12.4. The summed E-state index contributed by atoms with van der Waals surface area (Å²) in [6.07, 6.45) is 2.19. The van der Waals surface area contributed by atoms with Gasteiger partial charge in [-0.2, -0.15) is 10.5 Å². The number of nitrogens with one attached hydrogen (secondary N) is 1. The zero-order valence-electron chi connectivity index (χ0n) is 15.7. The molecule has 0 aliphatic rings. The first kappa shape index (κ1) is 19.5. The molecule has 1 amide bonds. The van der Waals surface area contributed by atoms with E-state index in [1.807, 2.05) is 12.1 Å². The van der Waals surface area contributed by atoms with Crippen molar-refractivity contribution < 1.29 is 18.7 Å². The van der Waals surface area contributed by atoms with Gasteiger partial charge < -0.3 is 14.5 Å². The Bertz CT molecular complexity index is 1150. The molecular weight excluding hydrogens is 372 g/mol. The lowest BCUT2D eigenvalue weighted by atomic mass is 10.1. The summed E-state index contributed by atoms with van der Waals surface area (Å²) in [6.45, 7) is 2.94. The van der Waals surface area contributed by atoms with E-state index in [2.05, 4.69) is 5.32 Å². The average Bonchev–Trinajstić information content (AvgIpc) is 3.35. The van der Waals surface area contributed by atoms with Crippen molar-refractivity contribution >= 4 is 17.6 Å². The first-order chi connectivity index (χ1) is 14.0. The topological polar surface area (TPSA) is 121 Å². The maximum absolute atomic E-state index is 12.6. The summed E-state index contributed by atoms with van der Waals surface area (Å²) in [6, 6.07) is 13.9. The molecular formula is C21H16N4O4. The number of benzene rings is 1. The lowest BCUT2D eigenvalue weighted by molar-refractivity contribution is -0.123. The van der Waals surface area contributed by atoms with E-state index < -0.39 is 18.0 Å². The van der Waals surface area contributed by atoms with Crippen LogP contribution in [-0.4, -0.2) is 22.5 Å². The molecule has 144 valence electrons. The van der Waals surface area contributed by atoms with Crippen LogP contribution in [0.15, 0.2) is 53.2 Å². The number of furan rings is 1. The van der Waals surface area contributed by atoms with Crippen LogP contribution in [0.5, 0.6) is 0 Å². The predicted molar refractivity (Wildman–Crippen MR) is 102 cm³/mol. The van der Waals surface area contributed by atoms with Crippen molar-refractivity contribution in [3.63, 3.8) is 0 Å². The first-order valence-corrected chi connectivity index (χ1v) is 8.64. The van der Waals surface area contributed by atoms with Gasteiger partial charge >= 0.3 is 5.97 Å². The molecule has 8 heteroatoms. The molecule has 1 N–H and O–H groups in total. The van der Waals surface area contributed by atoms with Gasteiger partial charge in [-0.15, -0.1) is 0 Å². The molecule has 0 unspecified atom stereocenters. The number of amides is 1. The highest BCUT2D eigenvalue weighted by Gasteiger charge is 2.28. The summed E-state index contributed by atoms with van der Waals surface area (Å²) in [5, 5.41) is 21.2. The summed E-state index contributed by atoms with van der Waals surface area (Å²) in [4.78, 5) is 25.0. The molecule has 2 heterocycles. The number of nitrogens with zero attached hydrogens (tertiary/aromatic N) is 3. The van der Waals surface area contributed by atoms with Crippen LogP contribution in [0.1, 0.15) is 34.2 Å². The Balaban J connectivity index is 1.79. The van der Waals surface area contributed by atoms with Crippen molar-refractivity contribution in [1.29, 1.82) is 10.5 Å². The second-order valence-corrected chi connectivity index (χ2v) is 6.11. The Morgan fingerprint density at radius 3 is 2.48 bits per heavy atom. The quantitative estimate of drug-likeness (QED) is 0.669. The Labute approximate surface area is 166 Å². The smallest absolute Gasteiger partial charge is 0.343 e. The third kappa shape index (κ3) is 3.87. The lowest BCUT2D eigenvalue weighted by Crippen LogP contribution is -2.30. The largest absolute Gasteiger partial charge is 0.449 e. The maximum atomic E-state index is 12.6. The molecule has 3 aromatic rings. The minimum atomic E-state index is -1.16. The Kier molecular flexibility index (Phi) is 5.47. The molecule has 0 bridgehead atoms. The lowest BCUT2D eigenvalue weighted by Gasteiger charge is -2.14. The van der Waals surface area contributed by atoms with E-state index in [0.29, 0.717) is 5.69 Å². The van der Waals surface area contributed by atoms with E-state index in [9.17, 15) is 14.9 Å². The number of hydrogen-bond donors (Lipinski definition) is 1. The molecule has 0 aliphatic carbocycles. The van der Waals surface area contributed by atoms with Gasteiger partial charge in [0.2, 0.25) is 5.88 Å².